The van der Waals surface area contributed by atoms with E-state index < -0.39 is 9.84 Å². The lowest BCUT2D eigenvalue weighted by molar-refractivity contribution is -0.116. The van der Waals surface area contributed by atoms with Crippen molar-refractivity contribution >= 4 is 21.6 Å². The molecule has 0 fully saturated rings. The number of amides is 1. The van der Waals surface area contributed by atoms with Gasteiger partial charge >= 0.3 is 0 Å². The second-order valence-corrected chi connectivity index (χ2v) is 7.19. The molecule has 0 spiro atoms. The van der Waals surface area contributed by atoms with Crippen LogP contribution in [0.25, 0.3) is 0 Å². The van der Waals surface area contributed by atoms with E-state index in [1.807, 2.05) is 6.92 Å². The van der Waals surface area contributed by atoms with Crippen molar-refractivity contribution in [3.05, 3.63) is 42.1 Å². The van der Waals surface area contributed by atoms with Crippen molar-refractivity contribution in [3.8, 4) is 0 Å². The van der Waals surface area contributed by atoms with E-state index in [9.17, 15) is 13.2 Å². The lowest BCUT2D eigenvalue weighted by Gasteiger charge is -2.06. The molecule has 1 amide bonds. The molecule has 1 aromatic heterocycles. The summed E-state index contributed by atoms with van der Waals surface area (Å²) in [7, 11) is -1.59. The highest BCUT2D eigenvalue weighted by molar-refractivity contribution is 7.91. The monoisotopic (exact) mass is 321 g/mol. The van der Waals surface area contributed by atoms with Crippen LogP contribution >= 0.6 is 0 Å². The van der Waals surface area contributed by atoms with Gasteiger partial charge in [0.15, 0.2) is 9.84 Å². The first kappa shape index (κ1) is 16.2. The van der Waals surface area contributed by atoms with Crippen LogP contribution in [0, 0.1) is 6.92 Å². The molecule has 22 heavy (non-hydrogen) atoms. The first-order valence-corrected chi connectivity index (χ1v) is 8.62. The topological polar surface area (TPSA) is 81.1 Å². The summed E-state index contributed by atoms with van der Waals surface area (Å²) < 4.78 is 25.7. The molecule has 7 heteroatoms. The standard InChI is InChI=1S/C15H19N3O3S/c1-12-11-14(18(2)17-12)16-15(19)9-6-10-22(20,21)13-7-4-3-5-8-13/h3-5,7-8,11H,6,9-10H2,1-2H3,(H,16,19). The Hall–Kier alpha value is -2.15. The second-order valence-electron chi connectivity index (χ2n) is 5.08. The van der Waals surface area contributed by atoms with E-state index in [0.717, 1.165) is 5.69 Å². The zero-order chi connectivity index (χ0) is 16.2. The molecule has 1 aromatic carbocycles. The number of aryl methyl sites for hydroxylation is 2. The molecule has 118 valence electrons. The number of hydrogen-bond acceptors (Lipinski definition) is 4. The number of carbonyl (C=O) groups is 1. The molecule has 0 aliphatic heterocycles. The van der Waals surface area contributed by atoms with E-state index >= 15 is 0 Å². The van der Waals surface area contributed by atoms with E-state index in [4.69, 9.17) is 0 Å². The summed E-state index contributed by atoms with van der Waals surface area (Å²) in [6.45, 7) is 1.84. The molecular weight excluding hydrogens is 302 g/mol. The molecule has 2 rings (SSSR count). The minimum atomic E-state index is -3.33. The van der Waals surface area contributed by atoms with E-state index in [1.54, 1.807) is 48.1 Å². The van der Waals surface area contributed by atoms with Crippen LogP contribution in [-0.4, -0.2) is 29.9 Å². The van der Waals surface area contributed by atoms with Gasteiger partial charge in [-0.25, -0.2) is 8.42 Å². The first-order valence-electron chi connectivity index (χ1n) is 6.97. The van der Waals surface area contributed by atoms with Crippen LogP contribution in [-0.2, 0) is 21.7 Å². The van der Waals surface area contributed by atoms with Crippen molar-refractivity contribution in [2.24, 2.45) is 7.05 Å². The summed E-state index contributed by atoms with van der Waals surface area (Å²) in [5.41, 5.74) is 0.810. The van der Waals surface area contributed by atoms with Crippen molar-refractivity contribution in [1.82, 2.24) is 9.78 Å². The van der Waals surface area contributed by atoms with E-state index in [-0.39, 0.29) is 29.4 Å². The summed E-state index contributed by atoms with van der Waals surface area (Å²) >= 11 is 0. The molecule has 2 aromatic rings. The summed E-state index contributed by atoms with van der Waals surface area (Å²) in [6, 6.07) is 10.0. The van der Waals surface area contributed by atoms with Gasteiger partial charge < -0.3 is 5.32 Å². The number of benzene rings is 1. The van der Waals surface area contributed by atoms with Crippen molar-refractivity contribution in [2.45, 2.75) is 24.7 Å². The molecule has 0 unspecified atom stereocenters. The van der Waals surface area contributed by atoms with Crippen molar-refractivity contribution in [2.75, 3.05) is 11.1 Å². The maximum atomic E-state index is 12.1. The lowest BCUT2D eigenvalue weighted by Crippen LogP contribution is -2.16. The molecule has 0 bridgehead atoms. The fraction of sp³-hybridized carbons (Fsp3) is 0.333. The van der Waals surface area contributed by atoms with E-state index in [1.165, 1.54) is 0 Å². The van der Waals surface area contributed by atoms with Crippen LogP contribution in [0.2, 0.25) is 0 Å². The Morgan fingerprint density at radius 2 is 1.95 bits per heavy atom. The van der Waals surface area contributed by atoms with Crippen LogP contribution in [0.4, 0.5) is 5.82 Å². The highest BCUT2D eigenvalue weighted by Crippen LogP contribution is 2.13. The number of hydrogen-bond donors (Lipinski definition) is 1. The van der Waals surface area contributed by atoms with Crippen molar-refractivity contribution < 1.29 is 13.2 Å². The molecule has 0 saturated heterocycles. The number of carbonyl (C=O) groups excluding carboxylic acids is 1. The van der Waals surface area contributed by atoms with Gasteiger partial charge in [0, 0.05) is 19.5 Å². The number of nitrogens with one attached hydrogen (secondary N) is 1. The van der Waals surface area contributed by atoms with Crippen LogP contribution in [0.5, 0.6) is 0 Å². The van der Waals surface area contributed by atoms with Gasteiger partial charge in [-0.05, 0) is 25.5 Å². The fourth-order valence-electron chi connectivity index (χ4n) is 2.10. The number of nitrogens with zero attached hydrogens (tertiary/aromatic N) is 2. The predicted octanol–water partition coefficient (Wildman–Crippen LogP) is 1.92. The van der Waals surface area contributed by atoms with Crippen LogP contribution in [0.15, 0.2) is 41.3 Å². The Morgan fingerprint density at radius 3 is 2.55 bits per heavy atom. The van der Waals surface area contributed by atoms with Gasteiger partial charge in [-0.3, -0.25) is 9.48 Å². The Morgan fingerprint density at radius 1 is 1.27 bits per heavy atom. The van der Waals surface area contributed by atoms with Gasteiger partial charge in [0.25, 0.3) is 0 Å². The number of aromatic nitrogens is 2. The van der Waals surface area contributed by atoms with Crippen molar-refractivity contribution in [3.63, 3.8) is 0 Å². The highest BCUT2D eigenvalue weighted by atomic mass is 32.2. The third-order valence-corrected chi connectivity index (χ3v) is 5.01. The fourth-order valence-corrected chi connectivity index (χ4v) is 3.43. The van der Waals surface area contributed by atoms with Crippen LogP contribution in [0.1, 0.15) is 18.5 Å². The molecule has 0 aliphatic carbocycles. The van der Waals surface area contributed by atoms with E-state index in [0.29, 0.717) is 5.82 Å². The zero-order valence-corrected chi connectivity index (χ0v) is 13.4. The van der Waals surface area contributed by atoms with Crippen molar-refractivity contribution in [1.29, 1.82) is 0 Å². The smallest absolute Gasteiger partial charge is 0.225 e. The molecule has 6 nitrogen and oxygen atoms in total. The maximum absolute atomic E-state index is 12.1. The van der Waals surface area contributed by atoms with Gasteiger partial charge in [-0.15, -0.1) is 0 Å². The Labute approximate surface area is 130 Å². The lowest BCUT2D eigenvalue weighted by atomic mass is 10.3. The molecule has 0 atom stereocenters. The summed E-state index contributed by atoms with van der Waals surface area (Å²) in [4.78, 5) is 12.1. The van der Waals surface area contributed by atoms with Crippen LogP contribution in [0.3, 0.4) is 0 Å². The average Bonchev–Trinajstić information content (AvgIpc) is 2.77. The molecule has 0 radical (unpaired) electrons. The minimum absolute atomic E-state index is 0.0468. The third kappa shape index (κ3) is 4.17. The Balaban J connectivity index is 1.86. The predicted molar refractivity (Wildman–Crippen MR) is 84.3 cm³/mol. The quantitative estimate of drug-likeness (QED) is 0.881. The largest absolute Gasteiger partial charge is 0.311 e. The first-order chi connectivity index (χ1) is 10.4. The Kier molecular flexibility index (Phi) is 4.97. The highest BCUT2D eigenvalue weighted by Gasteiger charge is 2.15. The summed E-state index contributed by atoms with van der Waals surface area (Å²) in [6.07, 6.45) is 0.427. The zero-order valence-electron chi connectivity index (χ0n) is 12.6. The van der Waals surface area contributed by atoms with Gasteiger partial charge in [-0.2, -0.15) is 5.10 Å². The number of rotatable bonds is 6. The molecule has 1 heterocycles. The molecule has 0 aliphatic rings. The van der Waals surface area contributed by atoms with Gasteiger partial charge in [0.2, 0.25) is 5.91 Å². The number of sulfone groups is 1. The Bertz CT molecular complexity index is 752. The van der Waals surface area contributed by atoms with Gasteiger partial charge in [0.1, 0.15) is 5.82 Å². The van der Waals surface area contributed by atoms with E-state index in [2.05, 4.69) is 10.4 Å². The summed E-state index contributed by atoms with van der Waals surface area (Å²) in [5, 5.41) is 6.85. The average molecular weight is 321 g/mol. The normalized spacial score (nSPS) is 11.4. The second kappa shape index (κ2) is 6.74. The third-order valence-electron chi connectivity index (χ3n) is 3.19. The SMILES string of the molecule is Cc1cc(NC(=O)CCCS(=O)(=O)c2ccccc2)n(C)n1. The molecule has 0 saturated carbocycles. The molecular formula is C15H19N3O3S. The number of anilines is 1. The summed E-state index contributed by atoms with van der Waals surface area (Å²) in [5.74, 6) is 0.342. The maximum Gasteiger partial charge on any atom is 0.225 e. The van der Waals surface area contributed by atoms with Gasteiger partial charge in [-0.1, -0.05) is 18.2 Å². The molecule has 1 N–H and O–H groups in total. The minimum Gasteiger partial charge on any atom is -0.311 e. The van der Waals surface area contributed by atoms with Crippen LogP contribution < -0.4 is 5.32 Å². The van der Waals surface area contributed by atoms with Gasteiger partial charge in [0.05, 0.1) is 16.3 Å².